The summed E-state index contributed by atoms with van der Waals surface area (Å²) in [6.45, 7) is 0. The fourth-order valence-corrected chi connectivity index (χ4v) is 8.25. The summed E-state index contributed by atoms with van der Waals surface area (Å²) in [6.07, 6.45) is 0. The first-order valence-corrected chi connectivity index (χ1v) is 10.8. The van der Waals surface area contributed by atoms with E-state index in [1.165, 1.54) is 19.8 Å². The minimum absolute atomic E-state index is 1.10. The van der Waals surface area contributed by atoms with Gasteiger partial charge < -0.3 is 0 Å². The van der Waals surface area contributed by atoms with E-state index in [-0.39, 0.29) is 0 Å². The van der Waals surface area contributed by atoms with Crippen LogP contribution in [0.2, 0.25) is 0 Å². The molecule has 2 heteroatoms. The Kier molecular flexibility index (Phi) is 2.04. The van der Waals surface area contributed by atoms with E-state index >= 15 is 0 Å². The molecule has 68 valence electrons. The van der Waals surface area contributed by atoms with Crippen molar-refractivity contribution in [3.8, 4) is 11.1 Å². The molecular formula is C12H8AsBr. The van der Waals surface area contributed by atoms with E-state index in [1.54, 1.807) is 0 Å². The standard InChI is InChI=1S/C12H8AsBr/c14-13-11-7-3-1-5-9(11)10-6-2-4-8-12(10)13/h1-8H. The van der Waals surface area contributed by atoms with Crippen molar-refractivity contribution in [3.63, 3.8) is 0 Å². The molecule has 0 saturated carbocycles. The number of benzene rings is 2. The van der Waals surface area contributed by atoms with Crippen molar-refractivity contribution < 1.29 is 0 Å². The Balaban J connectivity index is 2.36. The Labute approximate surface area is 94.8 Å². The molecule has 14 heavy (non-hydrogen) atoms. The molecule has 1 aliphatic rings. The molecule has 0 saturated heterocycles. The van der Waals surface area contributed by atoms with Crippen LogP contribution in [-0.2, 0) is 0 Å². The first-order chi connectivity index (χ1) is 6.88. The summed E-state index contributed by atoms with van der Waals surface area (Å²) in [5.41, 5.74) is 2.86. The van der Waals surface area contributed by atoms with Crippen LogP contribution < -0.4 is 8.70 Å². The van der Waals surface area contributed by atoms with Crippen LogP contribution in [0.5, 0.6) is 0 Å². The normalized spacial score (nSPS) is 13.8. The first kappa shape index (κ1) is 8.76. The molecule has 0 unspecified atom stereocenters. The summed E-state index contributed by atoms with van der Waals surface area (Å²) in [4.78, 5) is 0. The van der Waals surface area contributed by atoms with Gasteiger partial charge in [-0.1, -0.05) is 0 Å². The maximum atomic E-state index is 3.88. The molecule has 2 aromatic rings. The minimum atomic E-state index is -1.10. The van der Waals surface area contributed by atoms with E-state index in [1.807, 2.05) is 0 Å². The van der Waals surface area contributed by atoms with E-state index in [0.717, 1.165) is 0 Å². The van der Waals surface area contributed by atoms with Gasteiger partial charge in [-0.15, -0.1) is 0 Å². The summed E-state index contributed by atoms with van der Waals surface area (Å²) >= 11 is 2.78. The Morgan fingerprint density at radius 2 is 1.14 bits per heavy atom. The van der Waals surface area contributed by atoms with Crippen molar-refractivity contribution in [1.82, 2.24) is 0 Å². The van der Waals surface area contributed by atoms with Gasteiger partial charge in [0.05, 0.1) is 0 Å². The summed E-state index contributed by atoms with van der Waals surface area (Å²) in [7, 11) is 0. The van der Waals surface area contributed by atoms with Gasteiger partial charge in [-0.05, 0) is 0 Å². The van der Waals surface area contributed by atoms with Gasteiger partial charge in [-0.3, -0.25) is 0 Å². The van der Waals surface area contributed by atoms with Crippen LogP contribution in [0.25, 0.3) is 11.1 Å². The third-order valence-corrected chi connectivity index (χ3v) is 9.90. The van der Waals surface area contributed by atoms with Gasteiger partial charge >= 0.3 is 95.1 Å². The number of hydrogen-bond donors (Lipinski definition) is 0. The van der Waals surface area contributed by atoms with E-state index < -0.39 is 12.8 Å². The molecule has 0 amide bonds. The van der Waals surface area contributed by atoms with E-state index in [4.69, 9.17) is 0 Å². The molecule has 0 spiro atoms. The molecule has 1 heterocycles. The average molecular weight is 307 g/mol. The second kappa shape index (κ2) is 3.25. The monoisotopic (exact) mass is 306 g/mol. The van der Waals surface area contributed by atoms with Gasteiger partial charge in [-0.25, -0.2) is 0 Å². The molecule has 1 aliphatic heterocycles. The van der Waals surface area contributed by atoms with Crippen LogP contribution in [0.15, 0.2) is 48.5 Å². The fourth-order valence-electron chi connectivity index (χ4n) is 1.87. The number of rotatable bonds is 0. The third kappa shape index (κ3) is 1.12. The van der Waals surface area contributed by atoms with Crippen LogP contribution in [-0.4, -0.2) is 12.8 Å². The van der Waals surface area contributed by atoms with E-state index in [9.17, 15) is 0 Å². The molecule has 0 aromatic heterocycles. The van der Waals surface area contributed by atoms with Gasteiger partial charge in [0.2, 0.25) is 0 Å². The molecule has 0 nitrogen and oxygen atoms in total. The average Bonchev–Trinajstić information content (AvgIpc) is 2.55. The van der Waals surface area contributed by atoms with Crippen LogP contribution in [0.3, 0.4) is 0 Å². The molecule has 0 radical (unpaired) electrons. The van der Waals surface area contributed by atoms with Crippen LogP contribution in [0, 0.1) is 0 Å². The van der Waals surface area contributed by atoms with Gasteiger partial charge in [0.25, 0.3) is 0 Å². The number of halogens is 1. The van der Waals surface area contributed by atoms with Crippen molar-refractivity contribution in [2.75, 3.05) is 0 Å². The van der Waals surface area contributed by atoms with Crippen LogP contribution in [0.1, 0.15) is 0 Å². The SMILES string of the molecule is Br[As]1c2ccccc2-c2ccccc21. The molecule has 0 N–H and O–H groups in total. The molecule has 0 bridgehead atoms. The van der Waals surface area contributed by atoms with Crippen LogP contribution >= 0.6 is 13.9 Å². The predicted octanol–water partition coefficient (Wildman–Crippen LogP) is 2.17. The third-order valence-electron chi connectivity index (χ3n) is 2.52. The molecule has 2 aromatic carbocycles. The van der Waals surface area contributed by atoms with E-state index in [2.05, 4.69) is 62.5 Å². The topological polar surface area (TPSA) is 0 Å². The Hall–Kier alpha value is -0.522. The number of fused-ring (bicyclic) bond motifs is 3. The Morgan fingerprint density at radius 1 is 0.714 bits per heavy atom. The number of hydrogen-bond acceptors (Lipinski definition) is 0. The van der Waals surface area contributed by atoms with Gasteiger partial charge in [0.15, 0.2) is 0 Å². The zero-order valence-corrected chi connectivity index (χ0v) is 10.9. The Morgan fingerprint density at radius 3 is 1.64 bits per heavy atom. The summed E-state index contributed by atoms with van der Waals surface area (Å²) in [6, 6.07) is 17.5. The van der Waals surface area contributed by atoms with Gasteiger partial charge in [-0.2, -0.15) is 0 Å². The van der Waals surface area contributed by atoms with Gasteiger partial charge in [0, 0.05) is 0 Å². The summed E-state index contributed by atoms with van der Waals surface area (Å²) < 4.78 is 3.06. The van der Waals surface area contributed by atoms with Crippen molar-refractivity contribution in [2.45, 2.75) is 0 Å². The van der Waals surface area contributed by atoms with E-state index in [0.29, 0.717) is 0 Å². The Bertz CT molecular complexity index is 448. The predicted molar refractivity (Wildman–Crippen MR) is 65.8 cm³/mol. The molecule has 0 aliphatic carbocycles. The van der Waals surface area contributed by atoms with Crippen molar-refractivity contribution in [2.24, 2.45) is 0 Å². The zero-order valence-electron chi connectivity index (χ0n) is 7.44. The summed E-state index contributed by atoms with van der Waals surface area (Å²) in [5.74, 6) is 0. The summed E-state index contributed by atoms with van der Waals surface area (Å²) in [5, 5.41) is 0. The molecule has 0 atom stereocenters. The van der Waals surface area contributed by atoms with Crippen molar-refractivity contribution in [1.29, 1.82) is 0 Å². The van der Waals surface area contributed by atoms with Crippen molar-refractivity contribution in [3.05, 3.63) is 48.5 Å². The quantitative estimate of drug-likeness (QED) is 0.655. The fraction of sp³-hybridized carbons (Fsp3) is 0. The maximum absolute atomic E-state index is 3.88. The molecule has 3 rings (SSSR count). The van der Waals surface area contributed by atoms with Crippen molar-refractivity contribution >= 4 is 35.4 Å². The zero-order chi connectivity index (χ0) is 9.54. The van der Waals surface area contributed by atoms with Crippen LogP contribution in [0.4, 0.5) is 0 Å². The molecular weight excluding hydrogens is 299 g/mol. The second-order valence-electron chi connectivity index (χ2n) is 3.32. The molecule has 0 fully saturated rings. The van der Waals surface area contributed by atoms with Gasteiger partial charge in [0.1, 0.15) is 0 Å². The first-order valence-electron chi connectivity index (χ1n) is 4.52. The second-order valence-corrected chi connectivity index (χ2v) is 10.2.